The molecule has 108 valence electrons. The summed E-state index contributed by atoms with van der Waals surface area (Å²) in [5.74, 6) is -1.25. The van der Waals surface area contributed by atoms with Gasteiger partial charge in [-0.1, -0.05) is 19.9 Å². The molecule has 1 aliphatic rings. The number of nitrogens with zero attached hydrogens (tertiary/aromatic N) is 1. The number of hydrogen-bond acceptors (Lipinski definition) is 2. The maximum Gasteiger partial charge on any atom is 0.317 e. The molecule has 1 fully saturated rings. The molecule has 0 radical (unpaired) electrons. The fourth-order valence-electron chi connectivity index (χ4n) is 2.25. The molecular weight excluding hydrogens is 244 g/mol. The lowest BCUT2D eigenvalue weighted by molar-refractivity contribution is -0.143. The zero-order valence-electron chi connectivity index (χ0n) is 11.8. The van der Waals surface area contributed by atoms with E-state index in [2.05, 4.69) is 25.7 Å². The van der Waals surface area contributed by atoms with Gasteiger partial charge >= 0.3 is 12.0 Å². The number of urea groups is 1. The van der Waals surface area contributed by atoms with E-state index in [1.165, 1.54) is 0 Å². The molecular formula is C14H24N2O3. The second-order valence-corrected chi connectivity index (χ2v) is 5.94. The first kappa shape index (κ1) is 15.5. The standard InChI is InChI=1S/C14H24N2O3/c1-4-7-14(2,3)10-15-13(19)16-8-5-6-11(9-16)12(17)18/h4,11H,1,5-10H2,2-3H3,(H,15,19)(H,17,18). The largest absolute Gasteiger partial charge is 0.481 e. The van der Waals surface area contributed by atoms with E-state index in [0.717, 1.165) is 12.8 Å². The van der Waals surface area contributed by atoms with Crippen LogP contribution in [0.5, 0.6) is 0 Å². The van der Waals surface area contributed by atoms with Crippen molar-refractivity contribution in [1.29, 1.82) is 0 Å². The van der Waals surface area contributed by atoms with Crippen molar-refractivity contribution in [3.63, 3.8) is 0 Å². The van der Waals surface area contributed by atoms with Gasteiger partial charge in [0.05, 0.1) is 5.92 Å². The maximum absolute atomic E-state index is 12.0. The highest BCUT2D eigenvalue weighted by atomic mass is 16.4. The molecule has 1 saturated heterocycles. The second-order valence-electron chi connectivity index (χ2n) is 5.94. The molecule has 0 aromatic rings. The lowest BCUT2D eigenvalue weighted by atomic mass is 9.89. The Hall–Kier alpha value is -1.52. The minimum absolute atomic E-state index is 0.0284. The average molecular weight is 268 g/mol. The van der Waals surface area contributed by atoms with Gasteiger partial charge in [-0.3, -0.25) is 4.79 Å². The van der Waals surface area contributed by atoms with E-state index in [9.17, 15) is 9.59 Å². The van der Waals surface area contributed by atoms with E-state index in [-0.39, 0.29) is 11.4 Å². The maximum atomic E-state index is 12.0. The molecule has 5 heteroatoms. The number of amides is 2. The molecule has 0 spiro atoms. The molecule has 0 aromatic carbocycles. The van der Waals surface area contributed by atoms with Crippen molar-refractivity contribution in [2.24, 2.45) is 11.3 Å². The Kier molecular flexibility index (Phi) is 5.39. The number of piperidine rings is 1. The third kappa shape index (κ3) is 4.93. The van der Waals surface area contributed by atoms with Crippen LogP contribution in [0.4, 0.5) is 4.79 Å². The Morgan fingerprint density at radius 1 is 1.53 bits per heavy atom. The Morgan fingerprint density at radius 2 is 2.21 bits per heavy atom. The van der Waals surface area contributed by atoms with Gasteiger partial charge in [-0.05, 0) is 24.7 Å². The average Bonchev–Trinajstić information content (AvgIpc) is 2.36. The zero-order valence-corrected chi connectivity index (χ0v) is 11.8. The molecule has 2 N–H and O–H groups in total. The molecule has 2 amide bonds. The van der Waals surface area contributed by atoms with E-state index >= 15 is 0 Å². The molecule has 0 bridgehead atoms. The van der Waals surface area contributed by atoms with Crippen LogP contribution < -0.4 is 5.32 Å². The van der Waals surface area contributed by atoms with Crippen LogP contribution in [0, 0.1) is 11.3 Å². The normalized spacial score (nSPS) is 19.9. The van der Waals surface area contributed by atoms with Crippen molar-refractivity contribution >= 4 is 12.0 Å². The lowest BCUT2D eigenvalue weighted by Gasteiger charge is -2.32. The number of carboxylic acid groups (broad SMARTS) is 1. The summed E-state index contributed by atoms with van der Waals surface area (Å²) >= 11 is 0. The second kappa shape index (κ2) is 6.59. The van der Waals surface area contributed by atoms with Crippen LogP contribution in [-0.4, -0.2) is 41.6 Å². The molecule has 19 heavy (non-hydrogen) atoms. The van der Waals surface area contributed by atoms with E-state index < -0.39 is 11.9 Å². The summed E-state index contributed by atoms with van der Waals surface area (Å²) in [6, 6.07) is -0.164. The summed E-state index contributed by atoms with van der Waals surface area (Å²) in [4.78, 5) is 24.6. The minimum Gasteiger partial charge on any atom is -0.481 e. The van der Waals surface area contributed by atoms with Gasteiger partial charge in [-0.15, -0.1) is 6.58 Å². The number of likely N-dealkylation sites (tertiary alicyclic amines) is 1. The first-order chi connectivity index (χ1) is 8.85. The van der Waals surface area contributed by atoms with Crippen molar-refractivity contribution < 1.29 is 14.7 Å². The van der Waals surface area contributed by atoms with Crippen molar-refractivity contribution in [2.45, 2.75) is 33.1 Å². The number of nitrogens with one attached hydrogen (secondary N) is 1. The Balaban J connectivity index is 2.45. The number of carbonyl (C=O) groups excluding carboxylic acids is 1. The van der Waals surface area contributed by atoms with Crippen molar-refractivity contribution in [3.8, 4) is 0 Å². The van der Waals surface area contributed by atoms with E-state index in [4.69, 9.17) is 5.11 Å². The summed E-state index contributed by atoms with van der Waals surface area (Å²) in [5.41, 5.74) is -0.0284. The molecule has 1 unspecified atom stereocenters. The SMILES string of the molecule is C=CCC(C)(C)CNC(=O)N1CCCC(C(=O)O)C1. The minimum atomic E-state index is -0.815. The fraction of sp³-hybridized carbons (Fsp3) is 0.714. The molecule has 1 rings (SSSR count). The van der Waals surface area contributed by atoms with Crippen molar-refractivity contribution in [3.05, 3.63) is 12.7 Å². The van der Waals surface area contributed by atoms with Gasteiger partial charge in [-0.25, -0.2) is 4.79 Å². The molecule has 0 aliphatic carbocycles. The van der Waals surface area contributed by atoms with Crippen LogP contribution in [0.2, 0.25) is 0 Å². The Bertz CT molecular complexity index is 353. The van der Waals surface area contributed by atoms with E-state index in [1.54, 1.807) is 4.90 Å². The van der Waals surface area contributed by atoms with Crippen LogP contribution in [-0.2, 0) is 4.79 Å². The molecule has 1 aliphatic heterocycles. The summed E-state index contributed by atoms with van der Waals surface area (Å²) in [7, 11) is 0. The van der Waals surface area contributed by atoms with Crippen LogP contribution >= 0.6 is 0 Å². The van der Waals surface area contributed by atoms with Gasteiger partial charge in [-0.2, -0.15) is 0 Å². The van der Waals surface area contributed by atoms with Crippen LogP contribution in [0.15, 0.2) is 12.7 Å². The van der Waals surface area contributed by atoms with Crippen molar-refractivity contribution in [1.82, 2.24) is 10.2 Å². The summed E-state index contributed by atoms with van der Waals surface area (Å²) in [6.45, 7) is 9.33. The molecule has 1 atom stereocenters. The third-order valence-corrected chi connectivity index (χ3v) is 3.47. The zero-order chi connectivity index (χ0) is 14.5. The van der Waals surface area contributed by atoms with Gasteiger partial charge in [0.15, 0.2) is 0 Å². The van der Waals surface area contributed by atoms with E-state index in [0.29, 0.717) is 26.1 Å². The highest BCUT2D eigenvalue weighted by molar-refractivity contribution is 5.76. The van der Waals surface area contributed by atoms with Gasteiger partial charge < -0.3 is 15.3 Å². The predicted octanol–water partition coefficient (Wildman–Crippen LogP) is 2.09. The highest BCUT2D eigenvalue weighted by Crippen LogP contribution is 2.20. The lowest BCUT2D eigenvalue weighted by Crippen LogP contribution is -2.48. The molecule has 0 saturated carbocycles. The van der Waals surface area contributed by atoms with E-state index in [1.807, 2.05) is 6.08 Å². The van der Waals surface area contributed by atoms with Crippen molar-refractivity contribution in [2.75, 3.05) is 19.6 Å². The summed E-state index contributed by atoms with van der Waals surface area (Å²) in [6.07, 6.45) is 4.07. The predicted molar refractivity (Wildman–Crippen MR) is 73.9 cm³/mol. The van der Waals surface area contributed by atoms with Crippen LogP contribution in [0.1, 0.15) is 33.1 Å². The molecule has 0 aromatic heterocycles. The Morgan fingerprint density at radius 3 is 2.79 bits per heavy atom. The number of carbonyl (C=O) groups is 2. The quantitative estimate of drug-likeness (QED) is 0.750. The van der Waals surface area contributed by atoms with Gasteiger partial charge in [0, 0.05) is 19.6 Å². The topological polar surface area (TPSA) is 69.6 Å². The monoisotopic (exact) mass is 268 g/mol. The molecule has 5 nitrogen and oxygen atoms in total. The number of carboxylic acids is 1. The van der Waals surface area contributed by atoms with Gasteiger partial charge in [0.25, 0.3) is 0 Å². The number of hydrogen-bond donors (Lipinski definition) is 2. The summed E-state index contributed by atoms with van der Waals surface area (Å²) in [5, 5.41) is 11.9. The van der Waals surface area contributed by atoms with Gasteiger partial charge in [0.1, 0.15) is 0 Å². The fourth-order valence-corrected chi connectivity index (χ4v) is 2.25. The first-order valence-corrected chi connectivity index (χ1v) is 6.72. The smallest absolute Gasteiger partial charge is 0.317 e. The highest BCUT2D eigenvalue weighted by Gasteiger charge is 2.28. The van der Waals surface area contributed by atoms with Crippen LogP contribution in [0.25, 0.3) is 0 Å². The first-order valence-electron chi connectivity index (χ1n) is 6.72. The Labute approximate surface area is 114 Å². The number of rotatable bonds is 5. The number of allylic oxidation sites excluding steroid dienone is 1. The molecule has 1 heterocycles. The third-order valence-electron chi connectivity index (χ3n) is 3.47. The van der Waals surface area contributed by atoms with Gasteiger partial charge in [0.2, 0.25) is 0 Å². The number of aliphatic carboxylic acids is 1. The summed E-state index contributed by atoms with van der Waals surface area (Å²) < 4.78 is 0. The van der Waals surface area contributed by atoms with Crippen LogP contribution in [0.3, 0.4) is 0 Å².